The molecule has 0 saturated heterocycles. The Morgan fingerprint density at radius 2 is 1.93 bits per heavy atom. The van der Waals surface area contributed by atoms with Crippen molar-refractivity contribution in [3.8, 4) is 5.75 Å². The number of hydrogen-bond donors (Lipinski definition) is 1. The topological polar surface area (TPSA) is 65.4 Å². The van der Waals surface area contributed by atoms with Crippen LogP contribution in [0.2, 0.25) is 0 Å². The molecule has 0 atom stereocenters. The van der Waals surface area contributed by atoms with E-state index in [4.69, 9.17) is 4.74 Å². The average molecular weight is 484 g/mol. The number of carbonyl (C=O) groups is 1. The normalized spacial score (nSPS) is 11.3. The van der Waals surface area contributed by atoms with Gasteiger partial charge < -0.3 is 14.8 Å². The van der Waals surface area contributed by atoms with Crippen molar-refractivity contribution in [2.45, 2.75) is 19.5 Å². The van der Waals surface area contributed by atoms with E-state index in [1.54, 1.807) is 24.4 Å². The molecule has 0 radical (unpaired) electrons. The van der Waals surface area contributed by atoms with Gasteiger partial charge in [0.15, 0.2) is 6.73 Å². The van der Waals surface area contributed by atoms with Crippen LogP contribution in [0.1, 0.15) is 15.9 Å². The number of nitrogens with zero attached hydrogens (tertiary/aromatic N) is 2. The second-order valence-electron chi connectivity index (χ2n) is 6.26. The Kier molecular flexibility index (Phi) is 7.11. The first-order valence-corrected chi connectivity index (χ1v) is 9.53. The number of carbonyl (C=O) groups excluding carboxylic acids is 1. The fourth-order valence-corrected chi connectivity index (χ4v) is 2.72. The number of alkyl halides is 3. The van der Waals surface area contributed by atoms with Gasteiger partial charge in [-0.15, -0.1) is 0 Å². The lowest BCUT2D eigenvalue weighted by molar-refractivity contribution is -0.176. The Bertz CT molecular complexity index is 991. The fraction of sp³-hybridized carbons (Fsp3) is 0.200. The molecule has 3 aromatic rings. The van der Waals surface area contributed by atoms with Crippen molar-refractivity contribution in [1.82, 2.24) is 9.78 Å². The molecule has 0 aliphatic carbocycles. The lowest BCUT2D eigenvalue weighted by atomic mass is 10.1. The molecule has 0 aliphatic rings. The third-order valence-corrected chi connectivity index (χ3v) is 4.32. The third kappa shape index (κ3) is 6.89. The van der Waals surface area contributed by atoms with Crippen LogP contribution in [-0.2, 0) is 18.1 Å². The summed E-state index contributed by atoms with van der Waals surface area (Å²) < 4.78 is 49.2. The Labute approximate surface area is 178 Å². The molecule has 30 heavy (non-hydrogen) atoms. The highest BCUT2D eigenvalue weighted by Crippen LogP contribution is 2.18. The highest BCUT2D eigenvalue weighted by atomic mass is 79.9. The van der Waals surface area contributed by atoms with Gasteiger partial charge in [0.1, 0.15) is 12.4 Å². The molecule has 0 fully saturated rings. The van der Waals surface area contributed by atoms with Crippen LogP contribution in [0.25, 0.3) is 0 Å². The maximum atomic E-state index is 12.4. The number of aromatic nitrogens is 2. The molecule has 158 valence electrons. The molecular formula is C20H17BrF3N3O3. The maximum absolute atomic E-state index is 12.4. The van der Waals surface area contributed by atoms with Gasteiger partial charge in [0.05, 0.1) is 24.7 Å². The summed E-state index contributed by atoms with van der Waals surface area (Å²) in [6.45, 7) is -1.43. The molecule has 10 heteroatoms. The van der Waals surface area contributed by atoms with Crippen LogP contribution in [0.15, 0.2) is 65.4 Å². The van der Waals surface area contributed by atoms with Gasteiger partial charge in [0.25, 0.3) is 5.91 Å². The van der Waals surface area contributed by atoms with E-state index in [1.807, 2.05) is 24.3 Å². The van der Waals surface area contributed by atoms with Gasteiger partial charge in [-0.1, -0.05) is 28.1 Å². The van der Waals surface area contributed by atoms with Crippen molar-refractivity contribution in [2.24, 2.45) is 0 Å². The number of rotatable bonds is 8. The summed E-state index contributed by atoms with van der Waals surface area (Å²) in [5.74, 6) is 0.255. The van der Waals surface area contributed by atoms with E-state index in [1.165, 1.54) is 16.9 Å². The summed E-state index contributed by atoms with van der Waals surface area (Å²) in [6.07, 6.45) is -1.32. The molecule has 1 aromatic heterocycles. The van der Waals surface area contributed by atoms with Crippen molar-refractivity contribution in [3.63, 3.8) is 0 Å². The Morgan fingerprint density at radius 1 is 1.17 bits per heavy atom. The van der Waals surface area contributed by atoms with Crippen molar-refractivity contribution < 1.29 is 27.4 Å². The van der Waals surface area contributed by atoms with Crippen molar-refractivity contribution >= 4 is 27.5 Å². The van der Waals surface area contributed by atoms with E-state index in [9.17, 15) is 18.0 Å². The van der Waals surface area contributed by atoms with Gasteiger partial charge in [-0.2, -0.15) is 18.3 Å². The minimum atomic E-state index is -4.39. The van der Waals surface area contributed by atoms with Gasteiger partial charge in [0, 0.05) is 10.0 Å². The zero-order valence-corrected chi connectivity index (χ0v) is 17.1. The van der Waals surface area contributed by atoms with Gasteiger partial charge in [0.2, 0.25) is 0 Å². The van der Waals surface area contributed by atoms with E-state index in [0.29, 0.717) is 22.6 Å². The number of amides is 1. The summed E-state index contributed by atoms with van der Waals surface area (Å²) in [5.41, 5.74) is 1.21. The molecule has 0 spiro atoms. The Morgan fingerprint density at radius 3 is 2.67 bits per heavy atom. The summed E-state index contributed by atoms with van der Waals surface area (Å²) in [7, 11) is 0. The summed E-state index contributed by atoms with van der Waals surface area (Å²) >= 11 is 3.35. The van der Waals surface area contributed by atoms with Crippen molar-refractivity contribution in [3.05, 3.63) is 76.5 Å². The Hall–Kier alpha value is -2.85. The number of benzene rings is 2. The fourth-order valence-electron chi connectivity index (χ4n) is 2.46. The van der Waals surface area contributed by atoms with E-state index in [-0.39, 0.29) is 13.3 Å². The summed E-state index contributed by atoms with van der Waals surface area (Å²) in [4.78, 5) is 12.4. The third-order valence-electron chi connectivity index (χ3n) is 3.79. The van der Waals surface area contributed by atoms with Gasteiger partial charge >= 0.3 is 6.18 Å². The summed E-state index contributed by atoms with van der Waals surface area (Å²) in [6, 6.07) is 13.5. The van der Waals surface area contributed by atoms with Crippen molar-refractivity contribution in [2.75, 3.05) is 11.9 Å². The van der Waals surface area contributed by atoms with Gasteiger partial charge in [-0.3, -0.25) is 4.79 Å². The number of ether oxygens (including phenoxy) is 2. The molecule has 1 heterocycles. The first-order valence-electron chi connectivity index (χ1n) is 8.74. The monoisotopic (exact) mass is 483 g/mol. The van der Waals surface area contributed by atoms with Crippen LogP contribution in [0.3, 0.4) is 0 Å². The first-order chi connectivity index (χ1) is 14.3. The molecule has 0 unspecified atom stereocenters. The molecular weight excluding hydrogens is 467 g/mol. The predicted molar refractivity (Wildman–Crippen MR) is 107 cm³/mol. The predicted octanol–water partition coefficient (Wildman–Crippen LogP) is 5.01. The van der Waals surface area contributed by atoms with Gasteiger partial charge in [-0.05, 0) is 42.0 Å². The molecule has 2 aromatic carbocycles. The molecule has 1 amide bonds. The molecule has 6 nitrogen and oxygen atoms in total. The number of halogens is 4. The Balaban J connectivity index is 1.53. The van der Waals surface area contributed by atoms with Crippen molar-refractivity contribution in [1.29, 1.82) is 0 Å². The van der Waals surface area contributed by atoms with Crippen LogP contribution in [0.5, 0.6) is 5.75 Å². The lowest BCUT2D eigenvalue weighted by Gasteiger charge is -2.09. The highest BCUT2D eigenvalue weighted by molar-refractivity contribution is 9.10. The van der Waals surface area contributed by atoms with Crippen LogP contribution in [0, 0.1) is 0 Å². The molecule has 0 aliphatic heterocycles. The minimum Gasteiger partial charge on any atom is -0.471 e. The number of anilines is 1. The standard InChI is InChI=1S/C20H17BrF3N3O3/c21-16-4-6-18(7-5-16)30-13-27-10-17(9-25-27)26-19(28)15-3-1-2-14(8-15)11-29-12-20(22,23)24/h1-10H,11-13H2,(H,26,28). The van der Waals surface area contributed by atoms with Crippen LogP contribution in [0.4, 0.5) is 18.9 Å². The second kappa shape index (κ2) is 9.77. The number of hydrogen-bond acceptors (Lipinski definition) is 4. The molecule has 1 N–H and O–H groups in total. The highest BCUT2D eigenvalue weighted by Gasteiger charge is 2.27. The SMILES string of the molecule is O=C(Nc1cnn(COc2ccc(Br)cc2)c1)c1cccc(COCC(F)(F)F)c1. The van der Waals surface area contributed by atoms with Crippen LogP contribution < -0.4 is 10.1 Å². The first kappa shape index (κ1) is 21.8. The zero-order valence-electron chi connectivity index (χ0n) is 15.5. The van der Waals surface area contributed by atoms with Crippen LogP contribution in [-0.4, -0.2) is 28.5 Å². The molecule has 0 saturated carbocycles. The quantitative estimate of drug-likeness (QED) is 0.488. The van der Waals surface area contributed by atoms with E-state index < -0.39 is 18.7 Å². The number of nitrogens with one attached hydrogen (secondary N) is 1. The van der Waals surface area contributed by atoms with Crippen LogP contribution >= 0.6 is 15.9 Å². The van der Waals surface area contributed by atoms with Gasteiger partial charge in [-0.25, -0.2) is 4.68 Å². The summed E-state index contributed by atoms with van der Waals surface area (Å²) in [5, 5.41) is 6.80. The largest absolute Gasteiger partial charge is 0.471 e. The van der Waals surface area contributed by atoms with E-state index in [0.717, 1.165) is 4.47 Å². The van der Waals surface area contributed by atoms with E-state index in [2.05, 4.69) is 31.1 Å². The maximum Gasteiger partial charge on any atom is 0.411 e. The van der Waals surface area contributed by atoms with E-state index >= 15 is 0 Å². The molecule has 3 rings (SSSR count). The minimum absolute atomic E-state index is 0.156. The second-order valence-corrected chi connectivity index (χ2v) is 7.17. The average Bonchev–Trinajstić information content (AvgIpc) is 3.14. The zero-order chi connectivity index (χ0) is 21.6. The molecule has 0 bridgehead atoms. The smallest absolute Gasteiger partial charge is 0.411 e. The lowest BCUT2D eigenvalue weighted by Crippen LogP contribution is -2.17.